The molecule has 0 aliphatic rings. The van der Waals surface area contributed by atoms with Crippen molar-refractivity contribution >= 4 is 43.9 Å². The molecular formula is C29H36N2O8S. The van der Waals surface area contributed by atoms with E-state index in [1.165, 1.54) is 7.11 Å². The second-order valence-corrected chi connectivity index (χ2v) is 11.9. The number of methoxy groups -OCH3 is 2. The summed E-state index contributed by atoms with van der Waals surface area (Å²) >= 11 is 0. The molecule has 216 valence electrons. The van der Waals surface area contributed by atoms with Crippen LogP contribution >= 0.6 is 0 Å². The van der Waals surface area contributed by atoms with E-state index in [1.54, 1.807) is 43.5 Å². The predicted molar refractivity (Wildman–Crippen MR) is 155 cm³/mol. The van der Waals surface area contributed by atoms with Gasteiger partial charge in [0.2, 0.25) is 10.0 Å². The molecule has 40 heavy (non-hydrogen) atoms. The van der Waals surface area contributed by atoms with Crippen LogP contribution in [0.2, 0.25) is 0 Å². The van der Waals surface area contributed by atoms with Crippen molar-refractivity contribution in [3.63, 3.8) is 0 Å². The standard InChI is InChI=1S/C29H36N2O8S/c1-29(2,3)19-17-23(27(37-5)24(18-19)31-40(6,34)35)30-28(33)26(32)22-11-12-25(21-10-8-7-9-20(21)22)39-16-15-38-14-13-36-4/h7-12,17-18,31H,13-16H2,1-6H3,(H,30,33). The van der Waals surface area contributed by atoms with Crippen molar-refractivity contribution in [3.8, 4) is 11.5 Å². The van der Waals surface area contributed by atoms with Crippen LogP contribution in [-0.4, -0.2) is 67.0 Å². The molecule has 0 heterocycles. The number of rotatable bonds is 13. The summed E-state index contributed by atoms with van der Waals surface area (Å²) in [5.41, 5.74) is 0.831. The Morgan fingerprint density at radius 3 is 2.15 bits per heavy atom. The maximum Gasteiger partial charge on any atom is 0.296 e. The Morgan fingerprint density at radius 1 is 0.875 bits per heavy atom. The Kier molecular flexibility index (Phi) is 10.1. The number of ketones is 1. The summed E-state index contributed by atoms with van der Waals surface area (Å²) in [7, 11) is -0.700. The number of hydrogen-bond donors (Lipinski definition) is 2. The number of benzene rings is 3. The summed E-state index contributed by atoms with van der Waals surface area (Å²) < 4.78 is 48.1. The first-order valence-corrected chi connectivity index (χ1v) is 14.5. The number of carbonyl (C=O) groups is 2. The summed E-state index contributed by atoms with van der Waals surface area (Å²) in [6.45, 7) is 7.44. The van der Waals surface area contributed by atoms with Crippen molar-refractivity contribution < 1.29 is 37.0 Å². The number of nitrogens with one attached hydrogen (secondary N) is 2. The Balaban J connectivity index is 1.91. The van der Waals surface area contributed by atoms with Crippen LogP contribution < -0.4 is 19.5 Å². The van der Waals surface area contributed by atoms with Gasteiger partial charge in [0.1, 0.15) is 12.4 Å². The van der Waals surface area contributed by atoms with Crippen LogP contribution in [0.1, 0.15) is 36.7 Å². The van der Waals surface area contributed by atoms with Gasteiger partial charge in [-0.3, -0.25) is 14.3 Å². The fourth-order valence-electron chi connectivity index (χ4n) is 4.00. The Labute approximate surface area is 235 Å². The third-order valence-electron chi connectivity index (χ3n) is 5.95. The third kappa shape index (κ3) is 7.93. The molecule has 2 N–H and O–H groups in total. The first-order chi connectivity index (χ1) is 18.9. The predicted octanol–water partition coefficient (Wildman–Crippen LogP) is 4.38. The van der Waals surface area contributed by atoms with Crippen LogP contribution in [0.5, 0.6) is 11.5 Å². The van der Waals surface area contributed by atoms with Crippen molar-refractivity contribution in [1.29, 1.82) is 0 Å². The molecule has 0 radical (unpaired) electrons. The molecule has 3 rings (SSSR count). The molecule has 3 aromatic carbocycles. The van der Waals surface area contributed by atoms with Crippen molar-refractivity contribution in [2.24, 2.45) is 0 Å². The first-order valence-electron chi connectivity index (χ1n) is 12.6. The van der Waals surface area contributed by atoms with Gasteiger partial charge in [-0.15, -0.1) is 0 Å². The van der Waals surface area contributed by atoms with Crippen LogP contribution in [0.3, 0.4) is 0 Å². The summed E-state index contributed by atoms with van der Waals surface area (Å²) in [6, 6.07) is 13.6. The summed E-state index contributed by atoms with van der Waals surface area (Å²) in [6.07, 6.45) is 1.02. The van der Waals surface area contributed by atoms with Gasteiger partial charge in [-0.05, 0) is 40.6 Å². The van der Waals surface area contributed by atoms with Gasteiger partial charge in [-0.25, -0.2) is 8.42 Å². The van der Waals surface area contributed by atoms with Gasteiger partial charge in [0.15, 0.2) is 5.75 Å². The minimum absolute atomic E-state index is 0.0842. The molecule has 0 aromatic heterocycles. The fourth-order valence-corrected chi connectivity index (χ4v) is 4.55. The number of carbonyl (C=O) groups excluding carboxylic acids is 2. The molecule has 0 aliphatic heterocycles. The molecule has 0 bridgehead atoms. The average Bonchev–Trinajstić information content (AvgIpc) is 2.88. The van der Waals surface area contributed by atoms with E-state index in [1.807, 2.05) is 32.9 Å². The van der Waals surface area contributed by atoms with Gasteiger partial charge >= 0.3 is 0 Å². The van der Waals surface area contributed by atoms with Crippen LogP contribution in [0.25, 0.3) is 10.8 Å². The topological polar surface area (TPSA) is 129 Å². The number of anilines is 2. The Bertz CT molecular complexity index is 1480. The van der Waals surface area contributed by atoms with Crippen LogP contribution in [0.15, 0.2) is 48.5 Å². The van der Waals surface area contributed by atoms with E-state index in [0.717, 1.165) is 11.8 Å². The van der Waals surface area contributed by atoms with Gasteiger partial charge in [-0.1, -0.05) is 45.0 Å². The lowest BCUT2D eigenvalue weighted by molar-refractivity contribution is -0.112. The van der Waals surface area contributed by atoms with Crippen molar-refractivity contribution in [3.05, 3.63) is 59.7 Å². The van der Waals surface area contributed by atoms with Gasteiger partial charge < -0.3 is 24.3 Å². The number of amides is 1. The number of Topliss-reactive ketones (excluding diaryl/α,β-unsaturated/α-hetero) is 1. The molecule has 0 unspecified atom stereocenters. The zero-order valence-corrected chi connectivity index (χ0v) is 24.4. The molecule has 0 atom stereocenters. The summed E-state index contributed by atoms with van der Waals surface area (Å²) in [5, 5.41) is 3.85. The zero-order chi connectivity index (χ0) is 29.5. The maximum atomic E-state index is 13.4. The highest BCUT2D eigenvalue weighted by molar-refractivity contribution is 7.92. The Morgan fingerprint density at radius 2 is 1.52 bits per heavy atom. The van der Waals surface area contributed by atoms with Crippen LogP contribution in [0.4, 0.5) is 11.4 Å². The molecule has 11 heteroatoms. The van der Waals surface area contributed by atoms with Gasteiger partial charge in [0, 0.05) is 18.1 Å². The van der Waals surface area contributed by atoms with Gasteiger partial charge in [-0.2, -0.15) is 0 Å². The van der Waals surface area contributed by atoms with E-state index >= 15 is 0 Å². The normalized spacial score (nSPS) is 11.8. The largest absolute Gasteiger partial charge is 0.492 e. The van der Waals surface area contributed by atoms with E-state index in [-0.39, 0.29) is 22.7 Å². The quantitative estimate of drug-likeness (QED) is 0.175. The molecule has 0 spiro atoms. The summed E-state index contributed by atoms with van der Waals surface area (Å²) in [5.74, 6) is -1.04. The van der Waals surface area contributed by atoms with E-state index in [2.05, 4.69) is 10.0 Å². The second-order valence-electron chi connectivity index (χ2n) is 10.1. The number of hydrogen-bond acceptors (Lipinski definition) is 8. The zero-order valence-electron chi connectivity index (χ0n) is 23.6. The number of sulfonamides is 1. The monoisotopic (exact) mass is 572 g/mol. The fraction of sp³-hybridized carbons (Fsp3) is 0.379. The van der Waals surface area contributed by atoms with Crippen LogP contribution in [0, 0.1) is 0 Å². The minimum atomic E-state index is -3.65. The van der Waals surface area contributed by atoms with Crippen molar-refractivity contribution in [2.45, 2.75) is 26.2 Å². The van der Waals surface area contributed by atoms with Crippen molar-refractivity contribution in [1.82, 2.24) is 0 Å². The lowest BCUT2D eigenvalue weighted by atomic mass is 9.86. The van der Waals surface area contributed by atoms with E-state index in [4.69, 9.17) is 18.9 Å². The third-order valence-corrected chi connectivity index (χ3v) is 6.55. The lowest BCUT2D eigenvalue weighted by Crippen LogP contribution is -2.24. The van der Waals surface area contributed by atoms with Crippen LogP contribution in [-0.2, 0) is 29.7 Å². The van der Waals surface area contributed by atoms with Crippen molar-refractivity contribution in [2.75, 3.05) is 56.9 Å². The molecule has 1 amide bonds. The molecule has 0 aliphatic carbocycles. The molecule has 0 saturated heterocycles. The highest BCUT2D eigenvalue weighted by Gasteiger charge is 2.25. The molecule has 0 saturated carbocycles. The Hall–Kier alpha value is -3.67. The molecule has 0 fully saturated rings. The van der Waals surface area contributed by atoms with Gasteiger partial charge in [0.05, 0.1) is 44.6 Å². The highest BCUT2D eigenvalue weighted by Crippen LogP contribution is 2.39. The van der Waals surface area contributed by atoms with E-state index in [9.17, 15) is 18.0 Å². The maximum absolute atomic E-state index is 13.4. The van der Waals surface area contributed by atoms with Gasteiger partial charge in [0.25, 0.3) is 11.7 Å². The second kappa shape index (κ2) is 13.1. The minimum Gasteiger partial charge on any atom is -0.492 e. The number of ether oxygens (including phenoxy) is 4. The van der Waals surface area contributed by atoms with E-state index in [0.29, 0.717) is 42.9 Å². The summed E-state index contributed by atoms with van der Waals surface area (Å²) in [4.78, 5) is 26.6. The van der Waals surface area contributed by atoms with E-state index < -0.39 is 27.1 Å². The molecule has 3 aromatic rings. The lowest BCUT2D eigenvalue weighted by Gasteiger charge is -2.23. The smallest absolute Gasteiger partial charge is 0.296 e. The molecular weight excluding hydrogens is 536 g/mol. The highest BCUT2D eigenvalue weighted by atomic mass is 32.2. The average molecular weight is 573 g/mol. The first kappa shape index (κ1) is 30.9. The number of fused-ring (bicyclic) bond motifs is 1. The SMILES string of the molecule is COCCOCCOc1ccc(C(=O)C(=O)Nc2cc(C(C)(C)C)cc(NS(C)(=O)=O)c2OC)c2ccccc12. The molecule has 10 nitrogen and oxygen atoms in total.